The number of thioether (sulfide) groups is 1. The molecule has 1 unspecified atom stereocenters. The van der Waals surface area contributed by atoms with Gasteiger partial charge >= 0.3 is 0 Å². The van der Waals surface area contributed by atoms with Crippen molar-refractivity contribution in [2.45, 2.75) is 45.3 Å². The van der Waals surface area contributed by atoms with Gasteiger partial charge < -0.3 is 15.2 Å². The van der Waals surface area contributed by atoms with E-state index >= 15 is 0 Å². The van der Waals surface area contributed by atoms with Crippen molar-refractivity contribution in [2.75, 3.05) is 16.4 Å². The Hall–Kier alpha value is -3.14. The number of aromatic nitrogens is 4. The van der Waals surface area contributed by atoms with E-state index in [0.717, 1.165) is 5.69 Å². The van der Waals surface area contributed by atoms with Gasteiger partial charge in [-0.05, 0) is 26.0 Å². The molecule has 0 bridgehead atoms. The van der Waals surface area contributed by atoms with Crippen molar-refractivity contribution in [1.82, 2.24) is 19.9 Å². The van der Waals surface area contributed by atoms with Gasteiger partial charge in [-0.3, -0.25) is 9.59 Å². The topological polar surface area (TPSA) is 115 Å². The molecule has 0 fully saturated rings. The second kappa shape index (κ2) is 9.34. The number of carbonyl (C=O) groups is 2. The Morgan fingerprint density at radius 3 is 2.61 bits per heavy atom. The Morgan fingerprint density at radius 2 is 2.00 bits per heavy atom. The number of anilines is 2. The molecule has 1 atom stereocenters. The lowest BCUT2D eigenvalue weighted by molar-refractivity contribution is -0.115. The molecule has 0 aliphatic heterocycles. The van der Waals surface area contributed by atoms with Crippen LogP contribution in [-0.2, 0) is 15.0 Å². The minimum absolute atomic E-state index is 0.102. The van der Waals surface area contributed by atoms with Gasteiger partial charge in [0.05, 0.1) is 16.7 Å². The molecule has 0 aliphatic carbocycles. The van der Waals surface area contributed by atoms with Crippen LogP contribution in [0.1, 0.15) is 39.1 Å². The fourth-order valence-corrected chi connectivity index (χ4v) is 3.28. The van der Waals surface area contributed by atoms with Crippen molar-refractivity contribution in [3.63, 3.8) is 0 Å². The third-order valence-corrected chi connectivity index (χ3v) is 5.47. The van der Waals surface area contributed by atoms with Crippen molar-refractivity contribution in [1.29, 1.82) is 0 Å². The summed E-state index contributed by atoms with van der Waals surface area (Å²) in [6.07, 6.45) is 1.67. The molecule has 164 valence electrons. The van der Waals surface area contributed by atoms with Gasteiger partial charge in [0.2, 0.25) is 11.8 Å². The summed E-state index contributed by atoms with van der Waals surface area (Å²) >= 11 is 1.22. The van der Waals surface area contributed by atoms with Crippen LogP contribution < -0.4 is 10.6 Å². The number of aryl methyl sites for hydroxylation is 1. The maximum Gasteiger partial charge on any atom is 0.238 e. The molecule has 10 heteroatoms. The van der Waals surface area contributed by atoms with Gasteiger partial charge in [0.15, 0.2) is 11.6 Å². The minimum atomic E-state index is -0.450. The summed E-state index contributed by atoms with van der Waals surface area (Å²) < 4.78 is 6.55. The monoisotopic (exact) mass is 442 g/mol. The fourth-order valence-electron chi connectivity index (χ4n) is 2.60. The molecule has 0 radical (unpaired) electrons. The van der Waals surface area contributed by atoms with Gasteiger partial charge in [-0.2, -0.15) is 9.78 Å². The highest BCUT2D eigenvalue weighted by molar-refractivity contribution is 8.01. The number of hydrogen-bond donors (Lipinski definition) is 2. The first kappa shape index (κ1) is 22.5. The third kappa shape index (κ3) is 5.94. The van der Waals surface area contributed by atoms with Crippen LogP contribution >= 0.6 is 11.8 Å². The summed E-state index contributed by atoms with van der Waals surface area (Å²) in [5.41, 5.74) is 0.636. The van der Waals surface area contributed by atoms with Crippen molar-refractivity contribution in [3.05, 3.63) is 48.0 Å². The predicted octanol–water partition coefficient (Wildman–Crippen LogP) is 3.56. The molecular formula is C21H26N6O3S. The first-order valence-electron chi connectivity index (χ1n) is 9.81. The Morgan fingerprint density at radius 1 is 1.23 bits per heavy atom. The summed E-state index contributed by atoms with van der Waals surface area (Å²) in [6, 6.07) is 8.98. The van der Waals surface area contributed by atoms with E-state index in [1.807, 2.05) is 24.3 Å². The minimum Gasteiger partial charge on any atom is -0.360 e. The van der Waals surface area contributed by atoms with Crippen LogP contribution in [0.3, 0.4) is 0 Å². The van der Waals surface area contributed by atoms with E-state index in [1.54, 1.807) is 30.8 Å². The molecule has 9 nitrogen and oxygen atoms in total. The zero-order valence-electron chi connectivity index (χ0n) is 18.2. The van der Waals surface area contributed by atoms with Crippen molar-refractivity contribution in [3.8, 4) is 5.82 Å². The average molecular weight is 443 g/mol. The average Bonchev–Trinajstić information content (AvgIpc) is 3.32. The van der Waals surface area contributed by atoms with E-state index in [-0.39, 0.29) is 23.0 Å². The molecule has 2 amide bonds. The molecule has 0 saturated heterocycles. The number of carbonyl (C=O) groups excluding carboxylic acids is 2. The smallest absolute Gasteiger partial charge is 0.238 e. The van der Waals surface area contributed by atoms with Gasteiger partial charge in [-0.1, -0.05) is 32.0 Å². The van der Waals surface area contributed by atoms with Crippen LogP contribution in [0.2, 0.25) is 0 Å². The molecule has 0 aromatic carbocycles. The third-order valence-electron chi connectivity index (χ3n) is 4.32. The lowest BCUT2D eigenvalue weighted by atomic mass is 9.92. The maximum atomic E-state index is 12.6. The maximum absolute atomic E-state index is 12.6. The van der Waals surface area contributed by atoms with Crippen LogP contribution in [0, 0.1) is 6.92 Å². The van der Waals surface area contributed by atoms with E-state index in [1.165, 1.54) is 11.8 Å². The van der Waals surface area contributed by atoms with Crippen LogP contribution in [0.15, 0.2) is 41.1 Å². The van der Waals surface area contributed by atoms with Crippen molar-refractivity contribution < 1.29 is 14.1 Å². The standard InChI is InChI=1S/C21H26N6O3S/c1-13-10-16(26-30-13)23-20(29)14(2)31-12-19(28)24-18-11-15(21(3,4)5)25-27(18)17-8-6-7-9-22-17/h6-11,14H,12H2,1-5H3,(H,24,28)(H,23,26,29). The molecule has 3 heterocycles. The summed E-state index contributed by atoms with van der Waals surface area (Å²) in [5.74, 6) is 1.72. The zero-order valence-corrected chi connectivity index (χ0v) is 19.0. The Labute approximate surface area is 185 Å². The number of hydrogen-bond acceptors (Lipinski definition) is 7. The molecule has 0 aliphatic rings. The number of nitrogens with one attached hydrogen (secondary N) is 2. The normalized spacial score (nSPS) is 12.4. The first-order valence-corrected chi connectivity index (χ1v) is 10.9. The van der Waals surface area contributed by atoms with Gasteiger partial charge in [0, 0.05) is 23.7 Å². The van der Waals surface area contributed by atoms with Crippen LogP contribution in [0.4, 0.5) is 11.6 Å². The number of pyridine rings is 1. The quantitative estimate of drug-likeness (QED) is 0.575. The van der Waals surface area contributed by atoms with E-state index in [2.05, 4.69) is 46.6 Å². The van der Waals surface area contributed by atoms with Gasteiger partial charge in [-0.15, -0.1) is 11.8 Å². The Bertz CT molecular complexity index is 1050. The highest BCUT2D eigenvalue weighted by Crippen LogP contribution is 2.26. The summed E-state index contributed by atoms with van der Waals surface area (Å²) in [4.78, 5) is 29.2. The van der Waals surface area contributed by atoms with Gasteiger partial charge in [-0.25, -0.2) is 4.98 Å². The summed E-state index contributed by atoms with van der Waals surface area (Å²) in [6.45, 7) is 9.63. The molecule has 3 aromatic rings. The van der Waals surface area contributed by atoms with E-state index < -0.39 is 5.25 Å². The number of rotatable bonds is 7. The fraction of sp³-hybridized carbons (Fsp3) is 0.381. The lowest BCUT2D eigenvalue weighted by Gasteiger charge is -2.13. The molecule has 0 saturated carbocycles. The van der Waals surface area contributed by atoms with Crippen molar-refractivity contribution >= 4 is 35.2 Å². The van der Waals surface area contributed by atoms with Crippen LogP contribution in [-0.4, -0.2) is 42.7 Å². The largest absolute Gasteiger partial charge is 0.360 e. The van der Waals surface area contributed by atoms with Crippen LogP contribution in [0.25, 0.3) is 5.82 Å². The molecule has 3 rings (SSSR count). The second-order valence-corrected chi connectivity index (χ2v) is 9.41. The predicted molar refractivity (Wildman–Crippen MR) is 120 cm³/mol. The van der Waals surface area contributed by atoms with E-state index in [0.29, 0.717) is 23.2 Å². The molecule has 2 N–H and O–H groups in total. The van der Waals surface area contributed by atoms with E-state index in [9.17, 15) is 9.59 Å². The lowest BCUT2D eigenvalue weighted by Crippen LogP contribution is -2.25. The van der Waals surface area contributed by atoms with Gasteiger partial charge in [0.25, 0.3) is 0 Å². The summed E-state index contributed by atoms with van der Waals surface area (Å²) in [7, 11) is 0. The second-order valence-electron chi connectivity index (χ2n) is 8.08. The summed E-state index contributed by atoms with van der Waals surface area (Å²) in [5, 5.41) is 13.5. The molecular weight excluding hydrogens is 416 g/mol. The first-order chi connectivity index (χ1) is 14.6. The highest BCUT2D eigenvalue weighted by Gasteiger charge is 2.22. The van der Waals surface area contributed by atoms with Crippen molar-refractivity contribution in [2.24, 2.45) is 0 Å². The number of amides is 2. The Kier molecular flexibility index (Phi) is 6.79. The molecule has 3 aromatic heterocycles. The SMILES string of the molecule is Cc1cc(NC(=O)C(C)SCC(=O)Nc2cc(C(C)(C)C)nn2-c2ccccn2)no1. The molecule has 31 heavy (non-hydrogen) atoms. The Balaban J connectivity index is 1.64. The highest BCUT2D eigenvalue weighted by atomic mass is 32.2. The van der Waals surface area contributed by atoms with Crippen LogP contribution in [0.5, 0.6) is 0 Å². The number of nitrogens with zero attached hydrogens (tertiary/aromatic N) is 4. The zero-order chi connectivity index (χ0) is 22.6. The molecule has 0 spiro atoms. The van der Waals surface area contributed by atoms with Gasteiger partial charge in [0.1, 0.15) is 11.6 Å². The van der Waals surface area contributed by atoms with E-state index in [4.69, 9.17) is 4.52 Å².